The molecule has 3 rings (SSSR count). The highest BCUT2D eigenvalue weighted by Crippen LogP contribution is 2.28. The molecule has 136 valence electrons. The Bertz CT molecular complexity index is 733. The minimum absolute atomic E-state index is 0.0646. The zero-order valence-electron chi connectivity index (χ0n) is 15.0. The first-order chi connectivity index (χ1) is 12.0. The Balaban J connectivity index is 1.49. The largest absolute Gasteiger partial charge is 0.480 e. The van der Waals surface area contributed by atoms with Crippen molar-refractivity contribution in [2.45, 2.75) is 52.4 Å². The quantitative estimate of drug-likeness (QED) is 0.853. The monoisotopic (exact) mass is 363 g/mol. The van der Waals surface area contributed by atoms with Crippen molar-refractivity contribution in [1.29, 1.82) is 0 Å². The highest BCUT2D eigenvalue weighted by molar-refractivity contribution is 7.15. The van der Waals surface area contributed by atoms with Crippen molar-refractivity contribution < 1.29 is 9.53 Å². The lowest BCUT2D eigenvalue weighted by Crippen LogP contribution is -2.20. The average Bonchev–Trinajstić information content (AvgIpc) is 3.11. The Labute approximate surface area is 151 Å². The van der Waals surface area contributed by atoms with Gasteiger partial charge in [0.25, 0.3) is 5.91 Å². The predicted molar refractivity (Wildman–Crippen MR) is 97.0 cm³/mol. The number of aromatic nitrogens is 4. The fraction of sp³-hybridized carbons (Fsp3) is 0.647. The summed E-state index contributed by atoms with van der Waals surface area (Å²) >= 11 is 1.46. The van der Waals surface area contributed by atoms with Crippen molar-refractivity contribution in [2.24, 2.45) is 13.0 Å². The molecule has 2 aromatic heterocycles. The molecule has 0 radical (unpaired) electrons. The molecule has 0 spiro atoms. The van der Waals surface area contributed by atoms with Crippen molar-refractivity contribution in [3.8, 4) is 5.75 Å². The number of amides is 1. The summed E-state index contributed by atoms with van der Waals surface area (Å²) in [7, 11) is 1.85. The van der Waals surface area contributed by atoms with E-state index >= 15 is 0 Å². The smallest absolute Gasteiger partial charge is 0.264 e. The molecule has 1 saturated carbocycles. The van der Waals surface area contributed by atoms with E-state index in [1.54, 1.807) is 4.68 Å². The molecule has 1 aliphatic carbocycles. The zero-order valence-corrected chi connectivity index (χ0v) is 15.9. The van der Waals surface area contributed by atoms with E-state index in [0.717, 1.165) is 22.8 Å². The molecule has 7 nitrogen and oxygen atoms in total. The SMILES string of the molecule is Cc1nn(C)c(C)c1OCC(=O)Nc1nnc(CC2CCCCC2)s1. The number of nitrogens with zero attached hydrogens (tertiary/aromatic N) is 4. The molecule has 0 aromatic carbocycles. The van der Waals surface area contributed by atoms with Crippen LogP contribution < -0.4 is 10.1 Å². The van der Waals surface area contributed by atoms with Crippen LogP contribution in [0.25, 0.3) is 0 Å². The number of hydrogen-bond acceptors (Lipinski definition) is 6. The number of ether oxygens (including phenoxy) is 1. The molecule has 1 fully saturated rings. The Morgan fingerprint density at radius 2 is 2.04 bits per heavy atom. The third-order valence-corrected chi connectivity index (χ3v) is 5.55. The van der Waals surface area contributed by atoms with E-state index in [4.69, 9.17) is 4.74 Å². The normalized spacial score (nSPS) is 15.3. The number of hydrogen-bond donors (Lipinski definition) is 1. The van der Waals surface area contributed by atoms with Crippen LogP contribution in [0.5, 0.6) is 5.75 Å². The first-order valence-corrected chi connectivity index (χ1v) is 9.60. The van der Waals surface area contributed by atoms with Gasteiger partial charge in [0.2, 0.25) is 5.13 Å². The summed E-state index contributed by atoms with van der Waals surface area (Å²) in [6.07, 6.45) is 7.51. The van der Waals surface area contributed by atoms with Crippen molar-refractivity contribution >= 4 is 22.4 Å². The highest BCUT2D eigenvalue weighted by atomic mass is 32.1. The van der Waals surface area contributed by atoms with E-state index in [-0.39, 0.29) is 12.5 Å². The van der Waals surface area contributed by atoms with Gasteiger partial charge >= 0.3 is 0 Å². The number of aryl methyl sites for hydroxylation is 2. The Morgan fingerprint density at radius 3 is 2.72 bits per heavy atom. The molecular formula is C17H25N5O2S. The molecule has 0 unspecified atom stereocenters. The number of rotatable bonds is 6. The third kappa shape index (κ3) is 4.56. The maximum absolute atomic E-state index is 12.1. The fourth-order valence-corrected chi connectivity index (χ4v) is 4.15. The molecule has 2 heterocycles. The van der Waals surface area contributed by atoms with Crippen molar-refractivity contribution in [1.82, 2.24) is 20.0 Å². The van der Waals surface area contributed by atoms with E-state index in [1.807, 2.05) is 20.9 Å². The van der Waals surface area contributed by atoms with Crippen molar-refractivity contribution in [3.63, 3.8) is 0 Å². The lowest BCUT2D eigenvalue weighted by Gasteiger charge is -2.19. The molecule has 1 N–H and O–H groups in total. The van der Waals surface area contributed by atoms with Crippen LogP contribution >= 0.6 is 11.3 Å². The molecule has 1 aliphatic rings. The summed E-state index contributed by atoms with van der Waals surface area (Å²) < 4.78 is 7.35. The minimum atomic E-state index is -0.233. The standard InChI is InChI=1S/C17H25N5O2S/c1-11-16(12(2)22(3)21-11)24-10-14(23)18-17-20-19-15(25-17)9-13-7-5-4-6-8-13/h13H,4-10H2,1-3H3,(H,18,20,23). The summed E-state index contributed by atoms with van der Waals surface area (Å²) in [5, 5.41) is 16.9. The first kappa shape index (κ1) is 17.8. The molecule has 0 bridgehead atoms. The predicted octanol–water partition coefficient (Wildman–Crippen LogP) is 3.03. The van der Waals surface area contributed by atoms with Gasteiger partial charge in [0, 0.05) is 13.5 Å². The van der Waals surface area contributed by atoms with Crippen LogP contribution in [0, 0.1) is 19.8 Å². The van der Waals surface area contributed by atoms with Gasteiger partial charge in [-0.3, -0.25) is 14.8 Å². The van der Waals surface area contributed by atoms with Gasteiger partial charge in [0.1, 0.15) is 10.7 Å². The molecule has 25 heavy (non-hydrogen) atoms. The van der Waals surface area contributed by atoms with Gasteiger partial charge in [-0.1, -0.05) is 43.4 Å². The van der Waals surface area contributed by atoms with Gasteiger partial charge in [-0.2, -0.15) is 5.10 Å². The van der Waals surface area contributed by atoms with E-state index in [9.17, 15) is 4.79 Å². The lowest BCUT2D eigenvalue weighted by molar-refractivity contribution is -0.118. The molecule has 0 aliphatic heterocycles. The van der Waals surface area contributed by atoms with Crippen LogP contribution in [0.2, 0.25) is 0 Å². The topological polar surface area (TPSA) is 81.9 Å². The zero-order chi connectivity index (χ0) is 17.8. The summed E-state index contributed by atoms with van der Waals surface area (Å²) in [6, 6.07) is 0. The van der Waals surface area contributed by atoms with E-state index in [1.165, 1.54) is 43.4 Å². The maximum Gasteiger partial charge on any atom is 0.264 e. The highest BCUT2D eigenvalue weighted by Gasteiger charge is 2.17. The summed E-state index contributed by atoms with van der Waals surface area (Å²) in [6.45, 7) is 3.71. The van der Waals surface area contributed by atoms with Crippen molar-refractivity contribution in [2.75, 3.05) is 11.9 Å². The minimum Gasteiger partial charge on any atom is -0.480 e. The maximum atomic E-state index is 12.1. The fourth-order valence-electron chi connectivity index (χ4n) is 3.28. The average molecular weight is 363 g/mol. The summed E-state index contributed by atoms with van der Waals surface area (Å²) in [5.41, 5.74) is 1.68. The van der Waals surface area contributed by atoms with E-state index in [0.29, 0.717) is 16.8 Å². The molecule has 1 amide bonds. The summed E-state index contributed by atoms with van der Waals surface area (Å²) in [4.78, 5) is 12.1. The number of carbonyl (C=O) groups is 1. The first-order valence-electron chi connectivity index (χ1n) is 8.78. The second kappa shape index (κ2) is 7.95. The number of anilines is 1. The molecule has 0 saturated heterocycles. The second-order valence-electron chi connectivity index (χ2n) is 6.67. The Hall–Kier alpha value is -1.96. The molecule has 0 atom stereocenters. The Kier molecular flexibility index (Phi) is 5.67. The van der Waals surface area contributed by atoms with Gasteiger partial charge in [0.05, 0.1) is 5.69 Å². The summed E-state index contributed by atoms with van der Waals surface area (Å²) in [5.74, 6) is 1.14. The molecule has 8 heteroatoms. The Morgan fingerprint density at radius 1 is 1.28 bits per heavy atom. The van der Waals surface area contributed by atoms with Gasteiger partial charge in [-0.25, -0.2) is 0 Å². The number of nitrogens with one attached hydrogen (secondary N) is 1. The molecular weight excluding hydrogens is 338 g/mol. The van der Waals surface area contributed by atoms with Gasteiger partial charge in [-0.15, -0.1) is 10.2 Å². The van der Waals surface area contributed by atoms with E-state index in [2.05, 4.69) is 20.6 Å². The van der Waals surface area contributed by atoms with E-state index < -0.39 is 0 Å². The van der Waals surface area contributed by atoms with Gasteiger partial charge < -0.3 is 4.74 Å². The lowest BCUT2D eigenvalue weighted by atomic mass is 9.87. The van der Waals surface area contributed by atoms with Crippen LogP contribution in [-0.2, 0) is 18.3 Å². The third-order valence-electron chi connectivity index (χ3n) is 4.69. The molecule has 2 aromatic rings. The van der Waals surface area contributed by atoms with Gasteiger partial charge in [0.15, 0.2) is 12.4 Å². The van der Waals surface area contributed by atoms with Crippen LogP contribution in [0.3, 0.4) is 0 Å². The van der Waals surface area contributed by atoms with Crippen LogP contribution in [0.1, 0.15) is 48.5 Å². The van der Waals surface area contributed by atoms with Gasteiger partial charge in [-0.05, 0) is 19.8 Å². The van der Waals surface area contributed by atoms with Crippen molar-refractivity contribution in [3.05, 3.63) is 16.4 Å². The van der Waals surface area contributed by atoms with Crippen LogP contribution in [0.15, 0.2) is 0 Å². The van der Waals surface area contributed by atoms with Crippen LogP contribution in [-0.4, -0.2) is 32.5 Å². The number of carbonyl (C=O) groups excluding carboxylic acids is 1. The second-order valence-corrected chi connectivity index (χ2v) is 7.73. The van der Waals surface area contributed by atoms with Crippen LogP contribution in [0.4, 0.5) is 5.13 Å².